The third-order valence-corrected chi connectivity index (χ3v) is 4.12. The Hall–Kier alpha value is -2.83. The molecular weight excluding hydrogens is 385 g/mol. The van der Waals surface area contributed by atoms with Gasteiger partial charge in [0.15, 0.2) is 0 Å². The van der Waals surface area contributed by atoms with Crippen molar-refractivity contribution in [1.29, 1.82) is 0 Å². The fourth-order valence-corrected chi connectivity index (χ4v) is 2.81. The topological polar surface area (TPSA) is 82.2 Å². The number of aliphatic imine (C=N–C) groups is 1. The molecule has 0 fully saturated rings. The molecule has 6 nitrogen and oxygen atoms in total. The zero-order chi connectivity index (χ0) is 17.2. The first-order valence-corrected chi connectivity index (χ1v) is 8.06. The van der Waals surface area contributed by atoms with Crippen LogP contribution in [0.25, 0.3) is 17.1 Å². The molecule has 3 aromatic rings. The number of nitrogens with zero attached hydrogens (tertiary/aromatic N) is 2. The number of hydrogen-bond acceptors (Lipinski definition) is 4. The van der Waals surface area contributed by atoms with Crippen molar-refractivity contribution in [1.82, 2.24) is 20.6 Å². The number of guanidine groups is 1. The van der Waals surface area contributed by atoms with E-state index in [1.54, 1.807) is 12.3 Å². The Bertz CT molecular complexity index is 998. The molecule has 8 heteroatoms. The Morgan fingerprint density at radius 1 is 1.11 bits per heavy atom. The van der Waals surface area contributed by atoms with Crippen molar-refractivity contribution in [2.45, 2.75) is 13.0 Å². The first-order valence-electron chi connectivity index (χ1n) is 8.06. The van der Waals surface area contributed by atoms with E-state index in [-0.39, 0.29) is 36.8 Å². The second kappa shape index (κ2) is 8.70. The Labute approximate surface area is 169 Å². The number of pyridine rings is 1. The van der Waals surface area contributed by atoms with Gasteiger partial charge in [-0.2, -0.15) is 0 Å². The van der Waals surface area contributed by atoms with Crippen LogP contribution in [0.1, 0.15) is 24.1 Å². The summed E-state index contributed by atoms with van der Waals surface area (Å²) in [7, 11) is 0. The Morgan fingerprint density at radius 2 is 1.89 bits per heavy atom. The van der Waals surface area contributed by atoms with E-state index in [0.717, 1.165) is 22.2 Å². The lowest BCUT2D eigenvalue weighted by molar-refractivity contribution is -0.115. The highest BCUT2D eigenvalue weighted by Crippen LogP contribution is 2.20. The number of rotatable bonds is 3. The normalized spacial score (nSPS) is 15.5. The summed E-state index contributed by atoms with van der Waals surface area (Å²) in [6.07, 6.45) is 5.31. The number of hydrogen-bond donors (Lipinski definition) is 3. The average Bonchev–Trinajstić information content (AvgIpc) is 3.20. The van der Waals surface area contributed by atoms with Crippen molar-refractivity contribution in [2.24, 2.45) is 4.99 Å². The largest absolute Gasteiger partial charge is 0.349 e. The van der Waals surface area contributed by atoms with Gasteiger partial charge in [0.05, 0.1) is 6.04 Å². The van der Waals surface area contributed by atoms with Crippen molar-refractivity contribution in [3.05, 3.63) is 71.7 Å². The van der Waals surface area contributed by atoms with Gasteiger partial charge in [-0.25, -0.2) is 9.98 Å². The van der Waals surface area contributed by atoms with Crippen molar-refractivity contribution in [3.63, 3.8) is 0 Å². The minimum Gasteiger partial charge on any atom is -0.349 e. The third-order valence-electron chi connectivity index (χ3n) is 4.12. The molecule has 0 saturated carbocycles. The van der Waals surface area contributed by atoms with E-state index in [9.17, 15) is 4.79 Å². The van der Waals surface area contributed by atoms with Crippen molar-refractivity contribution >= 4 is 53.8 Å². The molecule has 1 aliphatic rings. The van der Waals surface area contributed by atoms with E-state index in [0.29, 0.717) is 11.7 Å². The summed E-state index contributed by atoms with van der Waals surface area (Å²) >= 11 is 0. The molecule has 0 saturated heterocycles. The third kappa shape index (κ3) is 4.30. The Kier molecular flexibility index (Phi) is 6.60. The number of H-pyrrole nitrogens is 1. The monoisotopic (exact) mass is 403 g/mol. The van der Waals surface area contributed by atoms with Crippen LogP contribution in [-0.2, 0) is 4.79 Å². The van der Waals surface area contributed by atoms with Crippen LogP contribution in [0.3, 0.4) is 0 Å². The minimum absolute atomic E-state index is 0. The number of carbonyl (C=O) groups excluding carboxylic acids is 1. The highest BCUT2D eigenvalue weighted by molar-refractivity contribution is 6.14. The van der Waals surface area contributed by atoms with Crippen LogP contribution in [0, 0.1) is 0 Å². The van der Waals surface area contributed by atoms with Gasteiger partial charge in [0, 0.05) is 23.3 Å². The predicted octanol–water partition coefficient (Wildman–Crippen LogP) is 3.58. The summed E-state index contributed by atoms with van der Waals surface area (Å²) in [5.41, 5.74) is 3.16. The smallest absolute Gasteiger partial charge is 0.276 e. The maximum Gasteiger partial charge on any atom is 0.276 e. The van der Waals surface area contributed by atoms with E-state index >= 15 is 0 Å². The molecule has 0 aliphatic carbocycles. The van der Waals surface area contributed by atoms with Crippen LogP contribution < -0.4 is 10.6 Å². The standard InChI is InChI=1S/C19H17N5O.2ClH/c1-12(13-6-3-2-4-7-13)22-19-23-16(18(25)24-19)10-14-11-21-17-15(14)8-5-9-20-17;;/h2-12H,1H3,(H,20,21)(H2,22,23,24,25);2*1H/t12-;;/m0../s1. The number of nitrogens with one attached hydrogen (secondary N) is 3. The minimum atomic E-state index is -0.221. The molecule has 0 bridgehead atoms. The average molecular weight is 404 g/mol. The fraction of sp³-hybridized carbons (Fsp3) is 0.105. The lowest BCUT2D eigenvalue weighted by Crippen LogP contribution is -2.37. The molecular formula is C19H19Cl2N5O. The first-order chi connectivity index (χ1) is 12.2. The summed E-state index contributed by atoms with van der Waals surface area (Å²) in [6, 6.07) is 13.9. The van der Waals surface area contributed by atoms with Crippen molar-refractivity contribution in [3.8, 4) is 0 Å². The number of amides is 1. The van der Waals surface area contributed by atoms with Gasteiger partial charge >= 0.3 is 0 Å². The molecule has 27 heavy (non-hydrogen) atoms. The SMILES string of the molecule is C[C@H](NC1=NC(=Cc2c[nH]c3ncccc23)C(=O)N1)c1ccccc1.Cl.Cl. The summed E-state index contributed by atoms with van der Waals surface area (Å²) in [5, 5.41) is 6.96. The predicted molar refractivity (Wildman–Crippen MR) is 112 cm³/mol. The zero-order valence-electron chi connectivity index (χ0n) is 14.5. The summed E-state index contributed by atoms with van der Waals surface area (Å²) in [6.45, 7) is 2.02. The molecule has 0 unspecified atom stereocenters. The van der Waals surface area contributed by atoms with E-state index < -0.39 is 0 Å². The maximum atomic E-state index is 12.2. The molecule has 140 valence electrons. The molecule has 1 aromatic carbocycles. The zero-order valence-corrected chi connectivity index (χ0v) is 16.1. The maximum absolute atomic E-state index is 12.2. The second-order valence-corrected chi connectivity index (χ2v) is 5.86. The first kappa shape index (κ1) is 20.5. The van der Waals surface area contributed by atoms with E-state index in [1.165, 1.54) is 0 Å². The van der Waals surface area contributed by atoms with Gasteiger partial charge in [-0.1, -0.05) is 30.3 Å². The lowest BCUT2D eigenvalue weighted by atomic mass is 10.1. The molecule has 0 spiro atoms. The van der Waals surface area contributed by atoms with Gasteiger partial charge < -0.3 is 10.3 Å². The van der Waals surface area contributed by atoms with Crippen LogP contribution in [-0.4, -0.2) is 21.8 Å². The number of aromatic amines is 1. The number of halogens is 2. The van der Waals surface area contributed by atoms with Crippen LogP contribution in [0.4, 0.5) is 0 Å². The fourth-order valence-electron chi connectivity index (χ4n) is 2.81. The summed E-state index contributed by atoms with van der Waals surface area (Å²) in [5.74, 6) is 0.242. The van der Waals surface area contributed by atoms with Crippen molar-refractivity contribution in [2.75, 3.05) is 0 Å². The Morgan fingerprint density at radius 3 is 2.67 bits per heavy atom. The van der Waals surface area contributed by atoms with Gasteiger partial charge in [-0.05, 0) is 30.7 Å². The van der Waals surface area contributed by atoms with Gasteiger partial charge in [0.25, 0.3) is 5.91 Å². The van der Waals surface area contributed by atoms with Crippen LogP contribution in [0.15, 0.2) is 65.5 Å². The molecule has 4 rings (SSSR count). The van der Waals surface area contributed by atoms with Crippen molar-refractivity contribution < 1.29 is 4.79 Å². The highest BCUT2D eigenvalue weighted by Gasteiger charge is 2.21. The quantitative estimate of drug-likeness (QED) is 0.584. The molecule has 3 heterocycles. The number of fused-ring (bicyclic) bond motifs is 1. The van der Waals surface area contributed by atoms with E-state index in [1.807, 2.05) is 55.6 Å². The molecule has 1 amide bonds. The number of carbonyl (C=O) groups is 1. The summed E-state index contributed by atoms with van der Waals surface area (Å²) in [4.78, 5) is 23.9. The molecule has 1 aliphatic heterocycles. The molecule has 3 N–H and O–H groups in total. The second-order valence-electron chi connectivity index (χ2n) is 5.86. The van der Waals surface area contributed by atoms with E-state index in [2.05, 4.69) is 25.6 Å². The van der Waals surface area contributed by atoms with Gasteiger partial charge in [0.1, 0.15) is 11.3 Å². The van der Waals surface area contributed by atoms with Crippen LogP contribution in [0.2, 0.25) is 0 Å². The molecule has 0 radical (unpaired) electrons. The van der Waals surface area contributed by atoms with Crippen LogP contribution in [0.5, 0.6) is 0 Å². The Balaban J connectivity index is 0.00000131. The molecule has 1 atom stereocenters. The number of benzene rings is 1. The van der Waals surface area contributed by atoms with Gasteiger partial charge in [-0.3, -0.25) is 10.1 Å². The number of aromatic nitrogens is 2. The van der Waals surface area contributed by atoms with Crippen LogP contribution >= 0.6 is 24.8 Å². The highest BCUT2D eigenvalue weighted by atomic mass is 35.5. The summed E-state index contributed by atoms with van der Waals surface area (Å²) < 4.78 is 0. The molecule has 2 aromatic heterocycles. The van der Waals surface area contributed by atoms with Gasteiger partial charge in [0.2, 0.25) is 5.96 Å². The van der Waals surface area contributed by atoms with E-state index in [4.69, 9.17) is 0 Å². The van der Waals surface area contributed by atoms with Gasteiger partial charge in [-0.15, -0.1) is 24.8 Å². The lowest BCUT2D eigenvalue weighted by Gasteiger charge is -2.14.